The highest BCUT2D eigenvalue weighted by atomic mass is 32.2. The van der Waals surface area contributed by atoms with Crippen molar-refractivity contribution < 1.29 is 5.11 Å². The summed E-state index contributed by atoms with van der Waals surface area (Å²) < 4.78 is 0.0749. The van der Waals surface area contributed by atoms with Gasteiger partial charge in [0.25, 0.3) is 0 Å². The monoisotopic (exact) mass is 248 g/mol. The van der Waals surface area contributed by atoms with Crippen LogP contribution in [0.2, 0.25) is 0 Å². The van der Waals surface area contributed by atoms with Gasteiger partial charge in [0.15, 0.2) is 0 Å². The predicted molar refractivity (Wildman–Crippen MR) is 72.6 cm³/mol. The molecule has 0 radical (unpaired) electrons. The van der Waals surface area contributed by atoms with Crippen LogP contribution in [0.25, 0.3) is 0 Å². The van der Waals surface area contributed by atoms with Crippen LogP contribution in [0.15, 0.2) is 0 Å². The Morgan fingerprint density at radius 2 is 1.80 bits per heavy atom. The van der Waals surface area contributed by atoms with Crippen molar-refractivity contribution in [3.8, 4) is 0 Å². The molecule has 0 aliphatic carbocycles. The quantitative estimate of drug-likeness (QED) is 0.821. The zero-order valence-electron chi connectivity index (χ0n) is 10.4. The number of hydrogen-bond acceptors (Lipinski definition) is 3. The average Bonchev–Trinajstić information content (AvgIpc) is 2.16. The fraction of sp³-hybridized carbons (Fsp3) is 1.00. The molecule has 0 aromatic heterocycles. The number of aliphatic hydroxyl groups excluding tert-OH is 1. The molecule has 3 heteroatoms. The minimum Gasteiger partial charge on any atom is -0.391 e. The van der Waals surface area contributed by atoms with Crippen LogP contribution in [0.3, 0.4) is 0 Å². The van der Waals surface area contributed by atoms with Crippen molar-refractivity contribution in [3.63, 3.8) is 0 Å². The van der Waals surface area contributed by atoms with Crippen LogP contribution in [-0.4, -0.2) is 26.8 Å². The summed E-state index contributed by atoms with van der Waals surface area (Å²) in [5.41, 5.74) is 0.222. The maximum atomic E-state index is 10.4. The smallest absolute Gasteiger partial charge is 0.0866 e. The molecule has 1 N–H and O–H groups in total. The molecule has 0 bridgehead atoms. The van der Waals surface area contributed by atoms with Crippen LogP contribution >= 0.6 is 23.5 Å². The first kappa shape index (κ1) is 13.7. The SMILES string of the molecule is CCC1(C(O)CC(C)(C)C)SCCCS1. The van der Waals surface area contributed by atoms with E-state index in [2.05, 4.69) is 27.7 Å². The van der Waals surface area contributed by atoms with Gasteiger partial charge in [-0.3, -0.25) is 0 Å². The summed E-state index contributed by atoms with van der Waals surface area (Å²) in [6, 6.07) is 0. The van der Waals surface area contributed by atoms with Gasteiger partial charge in [0.05, 0.1) is 10.2 Å². The third-order valence-corrected chi connectivity index (χ3v) is 6.58. The largest absolute Gasteiger partial charge is 0.391 e. The Balaban J connectivity index is 2.63. The third kappa shape index (κ3) is 3.86. The highest BCUT2D eigenvalue weighted by Gasteiger charge is 2.40. The van der Waals surface area contributed by atoms with Crippen molar-refractivity contribution in [1.29, 1.82) is 0 Å². The minimum atomic E-state index is -0.169. The van der Waals surface area contributed by atoms with E-state index in [1.807, 2.05) is 23.5 Å². The Bertz CT molecular complexity index is 192. The van der Waals surface area contributed by atoms with E-state index in [4.69, 9.17) is 0 Å². The van der Waals surface area contributed by atoms with E-state index in [0.29, 0.717) is 0 Å². The van der Waals surface area contributed by atoms with Gasteiger partial charge in [-0.1, -0.05) is 27.7 Å². The molecule has 15 heavy (non-hydrogen) atoms. The highest BCUT2D eigenvalue weighted by molar-refractivity contribution is 8.18. The second-order valence-electron chi connectivity index (χ2n) is 5.50. The van der Waals surface area contributed by atoms with E-state index in [1.54, 1.807) is 0 Å². The van der Waals surface area contributed by atoms with Crippen molar-refractivity contribution in [3.05, 3.63) is 0 Å². The molecule has 1 nitrogen and oxygen atoms in total. The molecular formula is C12H24OS2. The highest BCUT2D eigenvalue weighted by Crippen LogP contribution is 2.49. The normalized spacial score (nSPS) is 23.8. The van der Waals surface area contributed by atoms with Crippen molar-refractivity contribution in [1.82, 2.24) is 0 Å². The molecule has 90 valence electrons. The van der Waals surface area contributed by atoms with Crippen LogP contribution in [0.1, 0.15) is 47.0 Å². The average molecular weight is 248 g/mol. The molecule has 0 aromatic carbocycles. The van der Waals surface area contributed by atoms with Gasteiger partial charge in [-0.2, -0.15) is 0 Å². The molecule has 0 amide bonds. The van der Waals surface area contributed by atoms with E-state index in [0.717, 1.165) is 12.8 Å². The zero-order chi connectivity index (χ0) is 11.5. The van der Waals surface area contributed by atoms with Crippen LogP contribution in [0.5, 0.6) is 0 Å². The third-order valence-electron chi connectivity index (χ3n) is 2.79. The predicted octanol–water partition coefficient (Wildman–Crippen LogP) is 3.76. The fourth-order valence-corrected chi connectivity index (χ4v) is 5.20. The number of hydrogen-bond donors (Lipinski definition) is 1. The number of aliphatic hydroxyl groups is 1. The van der Waals surface area contributed by atoms with Gasteiger partial charge >= 0.3 is 0 Å². The van der Waals surface area contributed by atoms with Crippen LogP contribution < -0.4 is 0 Å². The molecule has 0 saturated carbocycles. The maximum Gasteiger partial charge on any atom is 0.0866 e. The van der Waals surface area contributed by atoms with Gasteiger partial charge < -0.3 is 5.11 Å². The molecule has 1 fully saturated rings. The molecule has 1 saturated heterocycles. The summed E-state index contributed by atoms with van der Waals surface area (Å²) in [7, 11) is 0. The van der Waals surface area contributed by atoms with Gasteiger partial charge in [-0.25, -0.2) is 0 Å². The van der Waals surface area contributed by atoms with Crippen molar-refractivity contribution in [2.45, 2.75) is 57.1 Å². The van der Waals surface area contributed by atoms with Crippen LogP contribution in [0, 0.1) is 5.41 Å². The van der Waals surface area contributed by atoms with Gasteiger partial charge in [0.2, 0.25) is 0 Å². The first-order valence-corrected chi connectivity index (χ1v) is 7.83. The molecule has 1 aliphatic heterocycles. The fourth-order valence-electron chi connectivity index (χ4n) is 1.96. The van der Waals surface area contributed by atoms with Gasteiger partial charge in [0.1, 0.15) is 0 Å². The van der Waals surface area contributed by atoms with Gasteiger partial charge in [-0.05, 0) is 36.2 Å². The second kappa shape index (κ2) is 5.33. The lowest BCUT2D eigenvalue weighted by Gasteiger charge is -2.41. The molecule has 1 atom stereocenters. The molecular weight excluding hydrogens is 224 g/mol. The summed E-state index contributed by atoms with van der Waals surface area (Å²) in [6.45, 7) is 8.82. The van der Waals surface area contributed by atoms with Crippen molar-refractivity contribution in [2.24, 2.45) is 5.41 Å². The van der Waals surface area contributed by atoms with E-state index in [1.165, 1.54) is 17.9 Å². The summed E-state index contributed by atoms with van der Waals surface area (Å²) in [4.78, 5) is 0. The number of thioether (sulfide) groups is 2. The van der Waals surface area contributed by atoms with Crippen molar-refractivity contribution >= 4 is 23.5 Å². The molecule has 1 rings (SSSR count). The van der Waals surface area contributed by atoms with E-state index < -0.39 is 0 Å². The minimum absolute atomic E-state index is 0.0749. The Kier molecular flexibility index (Phi) is 4.87. The van der Waals surface area contributed by atoms with E-state index in [-0.39, 0.29) is 15.6 Å². The molecule has 1 heterocycles. The Morgan fingerprint density at radius 1 is 1.27 bits per heavy atom. The van der Waals surface area contributed by atoms with E-state index >= 15 is 0 Å². The topological polar surface area (TPSA) is 20.2 Å². The lowest BCUT2D eigenvalue weighted by molar-refractivity contribution is 0.108. The second-order valence-corrected chi connectivity index (χ2v) is 8.61. The summed E-state index contributed by atoms with van der Waals surface area (Å²) >= 11 is 3.94. The van der Waals surface area contributed by atoms with Crippen LogP contribution in [-0.2, 0) is 0 Å². The number of rotatable bonds is 3. The first-order valence-electron chi connectivity index (χ1n) is 5.85. The maximum absolute atomic E-state index is 10.4. The Hall–Kier alpha value is 0.660. The zero-order valence-corrected chi connectivity index (χ0v) is 12.0. The first-order chi connectivity index (χ1) is 6.90. The molecule has 1 unspecified atom stereocenters. The van der Waals surface area contributed by atoms with Gasteiger partial charge in [-0.15, -0.1) is 23.5 Å². The van der Waals surface area contributed by atoms with Crippen molar-refractivity contribution in [2.75, 3.05) is 11.5 Å². The van der Waals surface area contributed by atoms with E-state index in [9.17, 15) is 5.11 Å². The Morgan fingerprint density at radius 3 is 2.20 bits per heavy atom. The summed E-state index contributed by atoms with van der Waals surface area (Å²) in [5.74, 6) is 2.42. The molecule has 0 aromatic rings. The standard InChI is InChI=1S/C12H24OS2/c1-5-12(14-7-6-8-15-12)10(13)9-11(2,3)4/h10,13H,5-9H2,1-4H3. The summed E-state index contributed by atoms with van der Waals surface area (Å²) in [5, 5.41) is 10.4. The molecule has 1 aliphatic rings. The van der Waals surface area contributed by atoms with Gasteiger partial charge in [0, 0.05) is 0 Å². The summed E-state index contributed by atoms with van der Waals surface area (Å²) in [6.07, 6.45) is 3.09. The Labute approximate surface area is 103 Å². The lowest BCUT2D eigenvalue weighted by atomic mass is 9.87. The lowest BCUT2D eigenvalue weighted by Crippen LogP contribution is -2.40. The molecule has 0 spiro atoms. The van der Waals surface area contributed by atoms with Crippen LogP contribution in [0.4, 0.5) is 0 Å².